The largest absolute Gasteiger partial charge is 0.411 e. The number of nitrogens with zero attached hydrogens (tertiary/aromatic N) is 1. The predicted molar refractivity (Wildman–Crippen MR) is 77.7 cm³/mol. The Labute approximate surface area is 119 Å². The highest BCUT2D eigenvalue weighted by atomic mass is 35.5. The molecule has 0 unspecified atom stereocenters. The zero-order valence-corrected chi connectivity index (χ0v) is 11.6. The van der Waals surface area contributed by atoms with E-state index in [0.717, 1.165) is 0 Å². The van der Waals surface area contributed by atoms with Crippen molar-refractivity contribution in [3.8, 4) is 0 Å². The Balaban J connectivity index is 2.27. The molecule has 0 saturated heterocycles. The summed E-state index contributed by atoms with van der Waals surface area (Å²) in [7, 11) is 0. The van der Waals surface area contributed by atoms with Crippen LogP contribution in [0.15, 0.2) is 41.6 Å². The molecule has 0 fully saturated rings. The van der Waals surface area contributed by atoms with Gasteiger partial charge in [0.1, 0.15) is 0 Å². The summed E-state index contributed by atoms with van der Waals surface area (Å²) in [6, 6.07) is 10.5. The number of anilines is 1. The Morgan fingerprint density at radius 3 is 2.68 bits per heavy atom. The standard InChI is InChI=1S/C13H11ClN2O2S/c1-8(16-18)9-4-2-3-5-10(9)15-13(17)11-6-7-12(14)19-11/h2-7,18H,1H3,(H,15,17). The second-order valence-corrected chi connectivity index (χ2v) is 5.50. The lowest BCUT2D eigenvalue weighted by molar-refractivity contribution is 0.103. The molecule has 19 heavy (non-hydrogen) atoms. The van der Waals surface area contributed by atoms with Gasteiger partial charge in [0.25, 0.3) is 5.91 Å². The number of nitrogens with one attached hydrogen (secondary N) is 1. The van der Waals surface area contributed by atoms with Gasteiger partial charge in [-0.05, 0) is 25.1 Å². The Hall–Kier alpha value is -1.85. The first-order chi connectivity index (χ1) is 9.11. The third-order valence-corrected chi connectivity index (χ3v) is 3.74. The van der Waals surface area contributed by atoms with Crippen LogP contribution in [0, 0.1) is 0 Å². The number of oxime groups is 1. The van der Waals surface area contributed by atoms with E-state index in [2.05, 4.69) is 10.5 Å². The number of amides is 1. The number of halogens is 1. The molecule has 1 amide bonds. The monoisotopic (exact) mass is 294 g/mol. The van der Waals surface area contributed by atoms with Crippen molar-refractivity contribution in [2.75, 3.05) is 5.32 Å². The second-order valence-electron chi connectivity index (χ2n) is 3.79. The van der Waals surface area contributed by atoms with Crippen LogP contribution in [0.5, 0.6) is 0 Å². The summed E-state index contributed by atoms with van der Waals surface area (Å²) in [6.45, 7) is 1.66. The molecule has 1 aromatic heterocycles. The number of benzene rings is 1. The van der Waals surface area contributed by atoms with Crippen LogP contribution in [0.4, 0.5) is 5.69 Å². The normalized spacial score (nSPS) is 11.4. The van der Waals surface area contributed by atoms with Crippen LogP contribution in [0.3, 0.4) is 0 Å². The van der Waals surface area contributed by atoms with Gasteiger partial charge in [-0.2, -0.15) is 0 Å². The Morgan fingerprint density at radius 1 is 1.32 bits per heavy atom. The van der Waals surface area contributed by atoms with Gasteiger partial charge in [0.2, 0.25) is 0 Å². The Kier molecular flexibility index (Phi) is 4.19. The predicted octanol–water partition coefficient (Wildman–Crippen LogP) is 3.85. The number of carbonyl (C=O) groups is 1. The lowest BCUT2D eigenvalue weighted by Crippen LogP contribution is -2.13. The van der Waals surface area contributed by atoms with Crippen molar-refractivity contribution in [2.24, 2.45) is 5.16 Å². The molecule has 0 aliphatic carbocycles. The van der Waals surface area contributed by atoms with Crippen LogP contribution in [0.1, 0.15) is 22.2 Å². The number of rotatable bonds is 3. The molecule has 98 valence electrons. The molecule has 0 aliphatic rings. The lowest BCUT2D eigenvalue weighted by atomic mass is 10.1. The van der Waals surface area contributed by atoms with Crippen molar-refractivity contribution >= 4 is 40.2 Å². The molecule has 0 aliphatic heterocycles. The molecule has 1 heterocycles. The number of hydrogen-bond acceptors (Lipinski definition) is 4. The highest BCUT2D eigenvalue weighted by molar-refractivity contribution is 7.18. The van der Waals surface area contributed by atoms with E-state index in [4.69, 9.17) is 16.8 Å². The minimum Gasteiger partial charge on any atom is -0.411 e. The average molecular weight is 295 g/mol. The molecule has 0 bridgehead atoms. The number of hydrogen-bond donors (Lipinski definition) is 2. The molecule has 1 aromatic carbocycles. The van der Waals surface area contributed by atoms with Gasteiger partial charge in [0, 0.05) is 5.56 Å². The first-order valence-corrected chi connectivity index (χ1v) is 6.66. The van der Waals surface area contributed by atoms with Gasteiger partial charge in [0.15, 0.2) is 0 Å². The SMILES string of the molecule is CC(=NO)c1ccccc1NC(=O)c1ccc(Cl)s1. The number of para-hydroxylation sites is 1. The highest BCUT2D eigenvalue weighted by Crippen LogP contribution is 2.23. The maximum absolute atomic E-state index is 12.0. The molecule has 0 saturated carbocycles. The van der Waals surface area contributed by atoms with Crippen molar-refractivity contribution in [1.82, 2.24) is 0 Å². The summed E-state index contributed by atoms with van der Waals surface area (Å²) >= 11 is 7.01. The van der Waals surface area contributed by atoms with Crippen LogP contribution in [-0.2, 0) is 0 Å². The van der Waals surface area contributed by atoms with Crippen molar-refractivity contribution in [3.05, 3.63) is 51.2 Å². The quantitative estimate of drug-likeness (QED) is 0.513. The molecule has 0 radical (unpaired) electrons. The van der Waals surface area contributed by atoms with Crippen LogP contribution in [-0.4, -0.2) is 16.8 Å². The minimum atomic E-state index is -0.241. The van der Waals surface area contributed by atoms with Crippen molar-refractivity contribution < 1.29 is 10.0 Å². The zero-order chi connectivity index (χ0) is 13.8. The molecular weight excluding hydrogens is 284 g/mol. The Morgan fingerprint density at radius 2 is 2.05 bits per heavy atom. The summed E-state index contributed by atoms with van der Waals surface area (Å²) in [4.78, 5) is 12.6. The first kappa shape index (κ1) is 13.6. The van der Waals surface area contributed by atoms with E-state index >= 15 is 0 Å². The molecule has 4 nitrogen and oxygen atoms in total. The molecule has 2 N–H and O–H groups in total. The third kappa shape index (κ3) is 3.13. The topological polar surface area (TPSA) is 61.7 Å². The summed E-state index contributed by atoms with van der Waals surface area (Å²) in [5.74, 6) is -0.241. The van der Waals surface area contributed by atoms with Gasteiger partial charge in [-0.1, -0.05) is 35.0 Å². The molecule has 2 rings (SSSR count). The lowest BCUT2D eigenvalue weighted by Gasteiger charge is -2.09. The minimum absolute atomic E-state index is 0.241. The maximum Gasteiger partial charge on any atom is 0.265 e. The van der Waals surface area contributed by atoms with E-state index in [1.54, 1.807) is 37.3 Å². The fourth-order valence-electron chi connectivity index (χ4n) is 1.58. The summed E-state index contributed by atoms with van der Waals surface area (Å²) in [5.41, 5.74) is 1.69. The van der Waals surface area contributed by atoms with E-state index in [1.807, 2.05) is 6.07 Å². The van der Waals surface area contributed by atoms with Gasteiger partial charge in [0.05, 0.1) is 20.6 Å². The molecule has 6 heteroatoms. The van der Waals surface area contributed by atoms with Crippen LogP contribution in [0.2, 0.25) is 4.34 Å². The van der Waals surface area contributed by atoms with E-state index in [9.17, 15) is 4.79 Å². The summed E-state index contributed by atoms with van der Waals surface area (Å²) in [5, 5.41) is 14.8. The van der Waals surface area contributed by atoms with Crippen LogP contribution >= 0.6 is 22.9 Å². The highest BCUT2D eigenvalue weighted by Gasteiger charge is 2.12. The maximum atomic E-state index is 12.0. The second kappa shape index (κ2) is 5.86. The number of thiophene rings is 1. The first-order valence-electron chi connectivity index (χ1n) is 5.46. The van der Waals surface area contributed by atoms with E-state index < -0.39 is 0 Å². The smallest absolute Gasteiger partial charge is 0.265 e. The van der Waals surface area contributed by atoms with Gasteiger partial charge >= 0.3 is 0 Å². The van der Waals surface area contributed by atoms with Gasteiger partial charge in [-0.15, -0.1) is 11.3 Å². The van der Waals surface area contributed by atoms with E-state index in [1.165, 1.54) is 11.3 Å². The van der Waals surface area contributed by atoms with Crippen molar-refractivity contribution in [1.29, 1.82) is 0 Å². The molecule has 2 aromatic rings. The zero-order valence-electron chi connectivity index (χ0n) is 10.1. The van der Waals surface area contributed by atoms with Gasteiger partial charge in [-0.3, -0.25) is 4.79 Å². The molecule has 0 atom stereocenters. The fourth-order valence-corrected chi connectivity index (χ4v) is 2.52. The third-order valence-electron chi connectivity index (χ3n) is 2.51. The molecular formula is C13H11ClN2O2S. The fraction of sp³-hybridized carbons (Fsp3) is 0.0769. The van der Waals surface area contributed by atoms with Gasteiger partial charge in [-0.25, -0.2) is 0 Å². The summed E-state index contributed by atoms with van der Waals surface area (Å²) < 4.78 is 0.562. The Bertz CT molecular complexity index is 637. The van der Waals surface area contributed by atoms with Crippen molar-refractivity contribution in [3.63, 3.8) is 0 Å². The van der Waals surface area contributed by atoms with Crippen LogP contribution in [0.25, 0.3) is 0 Å². The molecule has 0 spiro atoms. The van der Waals surface area contributed by atoms with Crippen LogP contribution < -0.4 is 5.32 Å². The number of carbonyl (C=O) groups excluding carboxylic acids is 1. The van der Waals surface area contributed by atoms with Gasteiger partial charge < -0.3 is 10.5 Å². The van der Waals surface area contributed by atoms with E-state index in [0.29, 0.717) is 26.2 Å². The van der Waals surface area contributed by atoms with E-state index in [-0.39, 0.29) is 5.91 Å². The average Bonchev–Trinajstić information content (AvgIpc) is 2.85. The summed E-state index contributed by atoms with van der Waals surface area (Å²) in [6.07, 6.45) is 0. The van der Waals surface area contributed by atoms with Crippen molar-refractivity contribution in [2.45, 2.75) is 6.92 Å².